The summed E-state index contributed by atoms with van der Waals surface area (Å²) in [5.74, 6) is 0.373. The predicted molar refractivity (Wildman–Crippen MR) is 52.7 cm³/mol. The molecule has 0 unspecified atom stereocenters. The molecule has 0 aromatic heterocycles. The van der Waals surface area contributed by atoms with Gasteiger partial charge in [0.05, 0.1) is 17.1 Å². The highest BCUT2D eigenvalue weighted by atomic mass is 32.2. The number of ether oxygens (including phenoxy) is 1. The van der Waals surface area contributed by atoms with Gasteiger partial charge in [-0.3, -0.25) is 5.14 Å². The van der Waals surface area contributed by atoms with Crippen LogP contribution in [0.25, 0.3) is 0 Å². The number of hydrogen-bond donors (Lipinski definition) is 1. The van der Waals surface area contributed by atoms with Crippen molar-refractivity contribution in [3.05, 3.63) is 23.8 Å². The van der Waals surface area contributed by atoms with Crippen LogP contribution in [0, 0.1) is 0 Å². The Labute approximate surface area is 89.7 Å². The Morgan fingerprint density at radius 1 is 1.40 bits per heavy atom. The van der Waals surface area contributed by atoms with Gasteiger partial charge in [0, 0.05) is 0 Å². The third kappa shape index (κ3) is 3.04. The van der Waals surface area contributed by atoms with Crippen molar-refractivity contribution in [1.29, 1.82) is 0 Å². The van der Waals surface area contributed by atoms with Gasteiger partial charge in [-0.15, -0.1) is 0 Å². The van der Waals surface area contributed by atoms with Crippen LogP contribution in [-0.4, -0.2) is 6.61 Å². The minimum atomic E-state index is -4.35. The van der Waals surface area contributed by atoms with Crippen molar-refractivity contribution in [3.8, 4) is 5.75 Å². The van der Waals surface area contributed by atoms with Crippen molar-refractivity contribution in [2.24, 2.45) is 5.14 Å². The van der Waals surface area contributed by atoms with E-state index in [0.29, 0.717) is 12.4 Å². The van der Waals surface area contributed by atoms with E-state index in [-0.39, 0.29) is 4.90 Å². The fourth-order valence-corrected chi connectivity index (χ4v) is 1.49. The number of rotatable bonds is 3. The molecule has 0 amide bonds. The van der Waals surface area contributed by atoms with Gasteiger partial charge in [-0.05, 0) is 37.1 Å². The quantitative estimate of drug-likeness (QED) is 0.820. The number of nitrogens with two attached hydrogens (primary N) is 1. The summed E-state index contributed by atoms with van der Waals surface area (Å²) in [5, 5.41) is 5.26. The van der Waals surface area contributed by atoms with Crippen molar-refractivity contribution in [2.75, 3.05) is 6.61 Å². The van der Waals surface area contributed by atoms with Gasteiger partial charge in [0.15, 0.2) is 0 Å². The van der Waals surface area contributed by atoms with Crippen molar-refractivity contribution in [3.63, 3.8) is 0 Å². The summed E-state index contributed by atoms with van der Waals surface area (Å²) in [5.41, 5.74) is -0.723. The Morgan fingerprint density at radius 3 is 2.53 bits per heavy atom. The molecule has 15 heavy (non-hydrogen) atoms. The Hall–Kier alpha value is -0.880. The first kappa shape index (κ1) is 12.2. The molecule has 1 aromatic rings. The molecule has 0 saturated heterocycles. The molecule has 0 heterocycles. The average Bonchev–Trinajstić information content (AvgIpc) is 2.17. The van der Waals surface area contributed by atoms with Crippen LogP contribution in [0.15, 0.2) is 23.1 Å². The molecule has 2 N–H and O–H groups in total. The van der Waals surface area contributed by atoms with Gasteiger partial charge in [0.2, 0.25) is 0 Å². The van der Waals surface area contributed by atoms with Gasteiger partial charge in [0.25, 0.3) is 0 Å². The van der Waals surface area contributed by atoms with Gasteiger partial charge in [0.1, 0.15) is 5.75 Å². The lowest BCUT2D eigenvalue weighted by Crippen LogP contribution is -2.05. The Morgan fingerprint density at radius 2 is 2.07 bits per heavy atom. The van der Waals surface area contributed by atoms with E-state index in [1.807, 2.05) is 0 Å². The van der Waals surface area contributed by atoms with Crippen molar-refractivity contribution in [2.45, 2.75) is 18.0 Å². The lowest BCUT2D eigenvalue weighted by molar-refractivity contribution is -0.137. The van der Waals surface area contributed by atoms with Gasteiger partial charge in [-0.1, -0.05) is 0 Å². The van der Waals surface area contributed by atoms with E-state index in [0.717, 1.165) is 24.1 Å². The van der Waals surface area contributed by atoms with Crippen molar-refractivity contribution >= 4 is 11.9 Å². The Bertz CT molecular complexity index is 341. The van der Waals surface area contributed by atoms with Crippen LogP contribution in [-0.2, 0) is 6.18 Å². The molecular formula is C9H10F3NOS. The first-order valence-electron chi connectivity index (χ1n) is 4.19. The minimum absolute atomic E-state index is 0.284. The molecule has 0 saturated carbocycles. The molecule has 0 aliphatic heterocycles. The van der Waals surface area contributed by atoms with Crippen LogP contribution < -0.4 is 9.88 Å². The van der Waals surface area contributed by atoms with Crippen LogP contribution in [0.2, 0.25) is 0 Å². The average molecular weight is 237 g/mol. The monoisotopic (exact) mass is 237 g/mol. The second kappa shape index (κ2) is 4.76. The second-order valence-electron chi connectivity index (χ2n) is 2.71. The molecule has 2 nitrogen and oxygen atoms in total. The largest absolute Gasteiger partial charge is 0.493 e. The van der Waals surface area contributed by atoms with Gasteiger partial charge < -0.3 is 4.74 Å². The molecule has 1 aromatic carbocycles. The van der Waals surface area contributed by atoms with Crippen LogP contribution in [0.3, 0.4) is 0 Å². The fourth-order valence-electron chi connectivity index (χ4n) is 1.05. The van der Waals surface area contributed by atoms with Crippen LogP contribution in [0.5, 0.6) is 5.75 Å². The molecule has 0 atom stereocenters. The van der Waals surface area contributed by atoms with Gasteiger partial charge in [-0.25, -0.2) is 0 Å². The molecule has 0 aliphatic carbocycles. The third-order valence-corrected chi connectivity index (χ3v) is 2.27. The third-order valence-electron chi connectivity index (χ3n) is 1.70. The van der Waals surface area contributed by atoms with Crippen molar-refractivity contribution < 1.29 is 17.9 Å². The molecule has 84 valence electrons. The summed E-state index contributed by atoms with van der Waals surface area (Å²) in [7, 11) is 0. The number of hydrogen-bond acceptors (Lipinski definition) is 3. The lowest BCUT2D eigenvalue weighted by Gasteiger charge is -2.11. The predicted octanol–water partition coefficient (Wildman–Crippen LogP) is 3.07. The first-order chi connectivity index (χ1) is 6.99. The highest BCUT2D eigenvalue weighted by Crippen LogP contribution is 2.35. The van der Waals surface area contributed by atoms with E-state index < -0.39 is 11.7 Å². The summed E-state index contributed by atoms with van der Waals surface area (Å²) >= 11 is 0.741. The first-order valence-corrected chi connectivity index (χ1v) is 5.07. The molecule has 1 rings (SSSR count). The standard InChI is InChI=1S/C9H10F3NOS/c1-2-14-7-4-3-6(9(10,11)12)5-8(7)15-13/h3-5H,2,13H2,1H3. The smallest absolute Gasteiger partial charge is 0.416 e. The maximum Gasteiger partial charge on any atom is 0.416 e. The Kier molecular flexibility index (Phi) is 3.87. The van der Waals surface area contributed by atoms with Crippen molar-refractivity contribution in [1.82, 2.24) is 0 Å². The summed E-state index contributed by atoms with van der Waals surface area (Å²) in [4.78, 5) is 0.284. The zero-order valence-corrected chi connectivity index (χ0v) is 8.78. The molecular weight excluding hydrogens is 227 g/mol. The van der Waals surface area contributed by atoms with Gasteiger partial charge >= 0.3 is 6.18 Å². The minimum Gasteiger partial charge on any atom is -0.493 e. The summed E-state index contributed by atoms with van der Waals surface area (Å²) in [6, 6.07) is 3.24. The number of benzene rings is 1. The van der Waals surface area contributed by atoms with Gasteiger partial charge in [-0.2, -0.15) is 13.2 Å². The topological polar surface area (TPSA) is 35.2 Å². The zero-order valence-electron chi connectivity index (χ0n) is 7.97. The van der Waals surface area contributed by atoms with Crippen LogP contribution >= 0.6 is 11.9 Å². The Balaban J connectivity index is 3.08. The molecule has 0 bridgehead atoms. The SMILES string of the molecule is CCOc1ccc(C(F)(F)F)cc1SN. The summed E-state index contributed by atoms with van der Waals surface area (Å²) in [6.07, 6.45) is -4.35. The zero-order chi connectivity index (χ0) is 11.5. The molecule has 0 radical (unpaired) electrons. The van der Waals surface area contributed by atoms with E-state index in [4.69, 9.17) is 9.88 Å². The number of alkyl halides is 3. The number of halogens is 3. The van der Waals surface area contributed by atoms with Crippen LogP contribution in [0.4, 0.5) is 13.2 Å². The molecule has 0 spiro atoms. The molecule has 0 fully saturated rings. The molecule has 0 aliphatic rings. The maximum absolute atomic E-state index is 12.3. The molecule has 6 heteroatoms. The van der Waals surface area contributed by atoms with Crippen LogP contribution in [0.1, 0.15) is 12.5 Å². The highest BCUT2D eigenvalue weighted by molar-refractivity contribution is 7.97. The lowest BCUT2D eigenvalue weighted by atomic mass is 10.2. The van der Waals surface area contributed by atoms with E-state index >= 15 is 0 Å². The van der Waals surface area contributed by atoms with E-state index in [9.17, 15) is 13.2 Å². The van der Waals surface area contributed by atoms with E-state index in [1.165, 1.54) is 6.07 Å². The summed E-state index contributed by atoms with van der Waals surface area (Å²) < 4.78 is 42.1. The fraction of sp³-hybridized carbons (Fsp3) is 0.333. The van der Waals surface area contributed by atoms with E-state index in [1.54, 1.807) is 6.92 Å². The van der Waals surface area contributed by atoms with E-state index in [2.05, 4.69) is 0 Å². The summed E-state index contributed by atoms with van der Waals surface area (Å²) in [6.45, 7) is 2.14. The normalized spacial score (nSPS) is 11.5. The maximum atomic E-state index is 12.3. The second-order valence-corrected chi connectivity index (χ2v) is 3.39. The highest BCUT2D eigenvalue weighted by Gasteiger charge is 2.31.